The monoisotopic (exact) mass is 230 g/mol. The van der Waals surface area contributed by atoms with Crippen LogP contribution >= 0.6 is 0 Å². The van der Waals surface area contributed by atoms with Gasteiger partial charge >= 0.3 is 5.97 Å². The first kappa shape index (κ1) is 12.5. The molecule has 0 unspecified atom stereocenters. The van der Waals surface area contributed by atoms with Gasteiger partial charge in [0.2, 0.25) is 0 Å². The minimum atomic E-state index is -2.81. The van der Waals surface area contributed by atoms with E-state index in [1.54, 1.807) is 13.8 Å². The van der Waals surface area contributed by atoms with Crippen LogP contribution in [0.5, 0.6) is 0 Å². The highest BCUT2D eigenvalue weighted by Gasteiger charge is 2.22. The van der Waals surface area contributed by atoms with E-state index >= 15 is 0 Å². The number of carbonyl (C=O) groups is 1. The minimum absolute atomic E-state index is 0.122. The molecular formula is C10H12F2N2O2. The summed E-state index contributed by atoms with van der Waals surface area (Å²) in [5.41, 5.74) is -0.834. The number of ether oxygens (including phenoxy) is 1. The Morgan fingerprint density at radius 3 is 2.69 bits per heavy atom. The van der Waals surface area contributed by atoms with E-state index in [2.05, 4.69) is 14.7 Å². The smallest absolute Gasteiger partial charge is 0.341 e. The van der Waals surface area contributed by atoms with Crippen molar-refractivity contribution in [2.24, 2.45) is 0 Å². The van der Waals surface area contributed by atoms with Crippen molar-refractivity contribution in [3.63, 3.8) is 0 Å². The summed E-state index contributed by atoms with van der Waals surface area (Å²) >= 11 is 0. The molecule has 0 bridgehead atoms. The van der Waals surface area contributed by atoms with Crippen LogP contribution in [0.2, 0.25) is 0 Å². The van der Waals surface area contributed by atoms with Gasteiger partial charge in [-0.2, -0.15) is 0 Å². The topological polar surface area (TPSA) is 52.1 Å². The van der Waals surface area contributed by atoms with Gasteiger partial charge in [-0.3, -0.25) is 0 Å². The third-order valence-corrected chi connectivity index (χ3v) is 1.89. The predicted molar refractivity (Wildman–Crippen MR) is 52.3 cm³/mol. The normalized spacial score (nSPS) is 10.6. The number of aryl methyl sites for hydroxylation is 1. The fraction of sp³-hybridized carbons (Fsp3) is 0.500. The standard InChI is InChI=1S/C10H12F2N2O2/c1-3-7-13-5-6(10(15)16-4-2)8(14-7)9(11)12/h5,9H,3-4H2,1-2H3. The molecule has 6 heteroatoms. The fourth-order valence-corrected chi connectivity index (χ4v) is 1.14. The molecule has 0 N–H and O–H groups in total. The van der Waals surface area contributed by atoms with Gasteiger partial charge in [0.25, 0.3) is 6.43 Å². The lowest BCUT2D eigenvalue weighted by Crippen LogP contribution is -2.12. The largest absolute Gasteiger partial charge is 0.462 e. The first-order valence-corrected chi connectivity index (χ1v) is 4.91. The van der Waals surface area contributed by atoms with E-state index in [-0.39, 0.29) is 18.0 Å². The maximum atomic E-state index is 12.6. The number of rotatable bonds is 4. The van der Waals surface area contributed by atoms with Crippen molar-refractivity contribution in [3.8, 4) is 0 Å². The van der Waals surface area contributed by atoms with Gasteiger partial charge in [0.05, 0.1) is 6.61 Å². The summed E-state index contributed by atoms with van der Waals surface area (Å²) in [5, 5.41) is 0. The molecule has 0 spiro atoms. The van der Waals surface area contributed by atoms with Crippen LogP contribution in [0.15, 0.2) is 6.20 Å². The number of nitrogens with zero attached hydrogens (tertiary/aromatic N) is 2. The Kier molecular flexibility index (Phi) is 4.28. The number of esters is 1. The summed E-state index contributed by atoms with van der Waals surface area (Å²) in [4.78, 5) is 18.8. The summed E-state index contributed by atoms with van der Waals surface area (Å²) in [6, 6.07) is 0. The molecule has 0 radical (unpaired) electrons. The molecule has 4 nitrogen and oxygen atoms in total. The van der Waals surface area contributed by atoms with Gasteiger partial charge in [-0.05, 0) is 6.92 Å². The minimum Gasteiger partial charge on any atom is -0.462 e. The predicted octanol–water partition coefficient (Wildman–Crippen LogP) is 2.15. The van der Waals surface area contributed by atoms with Crippen LogP contribution in [0.25, 0.3) is 0 Å². The molecule has 88 valence electrons. The van der Waals surface area contributed by atoms with Gasteiger partial charge < -0.3 is 4.74 Å². The zero-order valence-corrected chi connectivity index (χ0v) is 9.04. The second-order valence-electron chi connectivity index (χ2n) is 2.96. The van der Waals surface area contributed by atoms with Gasteiger partial charge in [0, 0.05) is 12.6 Å². The number of hydrogen-bond acceptors (Lipinski definition) is 4. The van der Waals surface area contributed by atoms with Crippen LogP contribution in [-0.4, -0.2) is 22.5 Å². The molecule has 0 amide bonds. The molecule has 0 saturated carbocycles. The molecule has 0 aliphatic heterocycles. The van der Waals surface area contributed by atoms with E-state index < -0.39 is 18.1 Å². The Balaban J connectivity index is 3.12. The van der Waals surface area contributed by atoms with E-state index in [0.29, 0.717) is 6.42 Å². The Morgan fingerprint density at radius 1 is 1.50 bits per heavy atom. The second kappa shape index (κ2) is 5.48. The molecule has 0 aliphatic carbocycles. The summed E-state index contributed by atoms with van der Waals surface area (Å²) in [6.07, 6.45) is -1.29. The zero-order valence-electron chi connectivity index (χ0n) is 9.04. The molecule has 16 heavy (non-hydrogen) atoms. The third-order valence-electron chi connectivity index (χ3n) is 1.89. The Labute approximate surface area is 91.7 Å². The Morgan fingerprint density at radius 2 is 2.19 bits per heavy atom. The van der Waals surface area contributed by atoms with Crippen molar-refractivity contribution in [1.29, 1.82) is 0 Å². The van der Waals surface area contributed by atoms with Crippen LogP contribution in [0, 0.1) is 0 Å². The van der Waals surface area contributed by atoms with E-state index in [1.807, 2.05) is 0 Å². The van der Waals surface area contributed by atoms with E-state index in [4.69, 9.17) is 0 Å². The maximum Gasteiger partial charge on any atom is 0.341 e. The molecule has 1 aromatic heterocycles. The number of hydrogen-bond donors (Lipinski definition) is 0. The van der Waals surface area contributed by atoms with Crippen LogP contribution in [0.1, 0.15) is 42.1 Å². The summed E-state index contributed by atoms with van der Waals surface area (Å²) < 4.78 is 29.9. The Bertz CT molecular complexity index is 383. The van der Waals surface area contributed by atoms with E-state index in [0.717, 1.165) is 6.20 Å². The van der Waals surface area contributed by atoms with Crippen LogP contribution in [-0.2, 0) is 11.2 Å². The highest BCUT2D eigenvalue weighted by Crippen LogP contribution is 2.21. The lowest BCUT2D eigenvalue weighted by atomic mass is 10.2. The van der Waals surface area contributed by atoms with Crippen molar-refractivity contribution < 1.29 is 18.3 Å². The van der Waals surface area contributed by atoms with Crippen molar-refractivity contribution >= 4 is 5.97 Å². The highest BCUT2D eigenvalue weighted by molar-refractivity contribution is 5.90. The molecule has 1 heterocycles. The number of aromatic nitrogens is 2. The van der Waals surface area contributed by atoms with E-state index in [9.17, 15) is 13.6 Å². The SMILES string of the molecule is CCOC(=O)c1cnc(CC)nc1C(F)F. The molecule has 0 fully saturated rings. The summed E-state index contributed by atoms with van der Waals surface area (Å²) in [7, 11) is 0. The molecule has 1 aromatic rings. The first-order chi connectivity index (χ1) is 7.60. The van der Waals surface area contributed by atoms with Gasteiger partial charge in [0.1, 0.15) is 17.1 Å². The Hall–Kier alpha value is -1.59. The summed E-state index contributed by atoms with van der Waals surface area (Å²) in [6.45, 7) is 3.47. The van der Waals surface area contributed by atoms with Gasteiger partial charge in [-0.25, -0.2) is 23.5 Å². The molecule has 0 atom stereocenters. The third kappa shape index (κ3) is 2.71. The highest BCUT2D eigenvalue weighted by atomic mass is 19.3. The average molecular weight is 230 g/mol. The average Bonchev–Trinajstić information content (AvgIpc) is 2.28. The van der Waals surface area contributed by atoms with Gasteiger partial charge in [0.15, 0.2) is 0 Å². The lowest BCUT2D eigenvalue weighted by molar-refractivity contribution is 0.0512. The maximum absolute atomic E-state index is 12.6. The van der Waals surface area contributed by atoms with Crippen molar-refractivity contribution in [2.45, 2.75) is 26.7 Å². The zero-order chi connectivity index (χ0) is 12.1. The van der Waals surface area contributed by atoms with E-state index in [1.165, 1.54) is 0 Å². The number of alkyl halides is 2. The molecule has 0 aliphatic rings. The number of halogens is 2. The van der Waals surface area contributed by atoms with Gasteiger partial charge in [-0.1, -0.05) is 6.92 Å². The van der Waals surface area contributed by atoms with Crippen LogP contribution in [0.4, 0.5) is 8.78 Å². The second-order valence-corrected chi connectivity index (χ2v) is 2.96. The lowest BCUT2D eigenvalue weighted by Gasteiger charge is -2.07. The van der Waals surface area contributed by atoms with Crippen LogP contribution < -0.4 is 0 Å². The van der Waals surface area contributed by atoms with Gasteiger partial charge in [-0.15, -0.1) is 0 Å². The molecule has 0 saturated heterocycles. The summed E-state index contributed by atoms with van der Waals surface area (Å²) in [5.74, 6) is -0.538. The molecular weight excluding hydrogens is 218 g/mol. The number of carbonyl (C=O) groups excluding carboxylic acids is 1. The fourth-order valence-electron chi connectivity index (χ4n) is 1.14. The quantitative estimate of drug-likeness (QED) is 0.744. The van der Waals surface area contributed by atoms with Crippen molar-refractivity contribution in [1.82, 2.24) is 9.97 Å². The van der Waals surface area contributed by atoms with Crippen molar-refractivity contribution in [2.75, 3.05) is 6.61 Å². The van der Waals surface area contributed by atoms with Crippen LogP contribution in [0.3, 0.4) is 0 Å². The molecule has 0 aromatic carbocycles. The first-order valence-electron chi connectivity index (χ1n) is 4.91. The molecule has 1 rings (SSSR count). The van der Waals surface area contributed by atoms with Crippen molar-refractivity contribution in [3.05, 3.63) is 23.3 Å².